The lowest BCUT2D eigenvalue weighted by molar-refractivity contribution is -0.144. The van der Waals surface area contributed by atoms with Gasteiger partial charge in [-0.25, -0.2) is 8.42 Å². The Morgan fingerprint density at radius 2 is 1.94 bits per heavy atom. The summed E-state index contributed by atoms with van der Waals surface area (Å²) >= 11 is 0. The van der Waals surface area contributed by atoms with Crippen LogP contribution in [0.25, 0.3) is 0 Å². The number of sulfone groups is 1. The molecule has 0 aliphatic rings. The SMILES string of the molecule is CCOC(=O)C[C@@H](O)CS(=O)(=O)c1ccccc1. The predicted molar refractivity (Wildman–Crippen MR) is 65.8 cm³/mol. The van der Waals surface area contributed by atoms with Crippen LogP contribution in [0, 0.1) is 0 Å². The molecular formula is C12H16O5S. The van der Waals surface area contributed by atoms with Crippen LogP contribution >= 0.6 is 0 Å². The molecule has 0 heterocycles. The van der Waals surface area contributed by atoms with E-state index >= 15 is 0 Å². The van der Waals surface area contributed by atoms with Gasteiger partial charge in [0.15, 0.2) is 9.84 Å². The van der Waals surface area contributed by atoms with E-state index in [1.807, 2.05) is 0 Å². The lowest BCUT2D eigenvalue weighted by Crippen LogP contribution is -2.24. The highest BCUT2D eigenvalue weighted by atomic mass is 32.2. The van der Waals surface area contributed by atoms with Crippen molar-refractivity contribution in [2.75, 3.05) is 12.4 Å². The normalized spacial score (nSPS) is 13.0. The van der Waals surface area contributed by atoms with E-state index in [1.165, 1.54) is 12.1 Å². The second-order valence-electron chi connectivity index (χ2n) is 3.76. The van der Waals surface area contributed by atoms with E-state index < -0.39 is 27.7 Å². The average molecular weight is 272 g/mol. The molecule has 0 aromatic heterocycles. The highest BCUT2D eigenvalue weighted by Gasteiger charge is 2.21. The third-order valence-corrected chi connectivity index (χ3v) is 4.04. The highest BCUT2D eigenvalue weighted by molar-refractivity contribution is 7.91. The number of rotatable bonds is 6. The van der Waals surface area contributed by atoms with Gasteiger partial charge in [0, 0.05) is 0 Å². The Bertz CT molecular complexity index is 480. The first-order valence-corrected chi connectivity index (χ1v) is 7.22. The predicted octanol–water partition coefficient (Wildman–Crippen LogP) is 0.774. The zero-order valence-electron chi connectivity index (χ0n) is 10.1. The maximum Gasteiger partial charge on any atom is 0.308 e. The number of hydrogen-bond donors (Lipinski definition) is 1. The third-order valence-electron chi connectivity index (χ3n) is 2.22. The number of hydrogen-bond acceptors (Lipinski definition) is 5. The molecule has 0 saturated heterocycles. The number of carbonyl (C=O) groups excluding carboxylic acids is 1. The quantitative estimate of drug-likeness (QED) is 0.774. The molecule has 0 fully saturated rings. The summed E-state index contributed by atoms with van der Waals surface area (Å²) in [6.07, 6.45) is -1.57. The van der Waals surface area contributed by atoms with Crippen LogP contribution in [0.2, 0.25) is 0 Å². The molecule has 1 rings (SSSR count). The van der Waals surface area contributed by atoms with Crippen LogP contribution in [0.3, 0.4) is 0 Å². The second-order valence-corrected chi connectivity index (χ2v) is 5.79. The number of aliphatic hydroxyl groups is 1. The Morgan fingerprint density at radius 1 is 1.33 bits per heavy atom. The molecule has 0 aliphatic heterocycles. The maximum atomic E-state index is 11.9. The molecule has 1 atom stereocenters. The summed E-state index contributed by atoms with van der Waals surface area (Å²) in [6.45, 7) is 1.85. The van der Waals surface area contributed by atoms with Crippen molar-refractivity contribution in [1.82, 2.24) is 0 Å². The standard InChI is InChI=1S/C12H16O5S/c1-2-17-12(14)8-10(13)9-18(15,16)11-6-4-3-5-7-11/h3-7,10,13H,2,8-9H2,1H3/t10-/m1/s1. The second kappa shape index (κ2) is 6.51. The molecule has 18 heavy (non-hydrogen) atoms. The molecule has 0 spiro atoms. The molecule has 0 unspecified atom stereocenters. The maximum absolute atomic E-state index is 11.9. The van der Waals surface area contributed by atoms with Gasteiger partial charge in [-0.2, -0.15) is 0 Å². The minimum absolute atomic E-state index is 0.132. The summed E-state index contributed by atoms with van der Waals surface area (Å²) in [7, 11) is -3.58. The van der Waals surface area contributed by atoms with Gasteiger partial charge >= 0.3 is 5.97 Å². The number of esters is 1. The Labute approximate surface area is 106 Å². The van der Waals surface area contributed by atoms with Gasteiger partial charge in [0.1, 0.15) is 0 Å². The van der Waals surface area contributed by atoms with Gasteiger partial charge in [-0.15, -0.1) is 0 Å². The fraction of sp³-hybridized carbons (Fsp3) is 0.417. The van der Waals surface area contributed by atoms with Gasteiger partial charge in [0.2, 0.25) is 0 Å². The van der Waals surface area contributed by atoms with Crippen LogP contribution in [-0.2, 0) is 19.4 Å². The van der Waals surface area contributed by atoms with Gasteiger partial charge < -0.3 is 9.84 Å². The fourth-order valence-electron chi connectivity index (χ4n) is 1.45. The van der Waals surface area contributed by atoms with Crippen LogP contribution in [0.1, 0.15) is 13.3 Å². The summed E-state index contributed by atoms with van der Waals surface area (Å²) in [5, 5.41) is 9.56. The lowest BCUT2D eigenvalue weighted by Gasteiger charge is -2.10. The van der Waals surface area contributed by atoms with Gasteiger partial charge in [-0.05, 0) is 19.1 Å². The summed E-state index contributed by atoms with van der Waals surface area (Å²) in [4.78, 5) is 11.2. The third kappa shape index (κ3) is 4.46. The Kier molecular flexibility index (Phi) is 5.30. The van der Waals surface area contributed by atoms with E-state index in [-0.39, 0.29) is 17.9 Å². The van der Waals surface area contributed by atoms with Gasteiger partial charge in [0.25, 0.3) is 0 Å². The van der Waals surface area contributed by atoms with Crippen molar-refractivity contribution in [2.45, 2.75) is 24.3 Å². The minimum Gasteiger partial charge on any atom is -0.466 e. The number of aliphatic hydroxyl groups excluding tert-OH is 1. The first-order valence-electron chi connectivity index (χ1n) is 5.57. The topological polar surface area (TPSA) is 80.7 Å². The number of benzene rings is 1. The van der Waals surface area contributed by atoms with E-state index in [0.29, 0.717) is 0 Å². The van der Waals surface area contributed by atoms with E-state index in [1.54, 1.807) is 25.1 Å². The molecular weight excluding hydrogens is 256 g/mol. The van der Waals surface area contributed by atoms with Crippen LogP contribution < -0.4 is 0 Å². The van der Waals surface area contributed by atoms with E-state index in [0.717, 1.165) is 0 Å². The van der Waals surface area contributed by atoms with E-state index in [4.69, 9.17) is 0 Å². The molecule has 1 aromatic carbocycles. The molecule has 0 radical (unpaired) electrons. The number of ether oxygens (including phenoxy) is 1. The number of carbonyl (C=O) groups is 1. The van der Waals surface area contributed by atoms with Crippen molar-refractivity contribution >= 4 is 15.8 Å². The van der Waals surface area contributed by atoms with E-state index in [2.05, 4.69) is 4.74 Å². The molecule has 5 nitrogen and oxygen atoms in total. The monoisotopic (exact) mass is 272 g/mol. The van der Waals surface area contributed by atoms with Gasteiger partial charge in [-0.3, -0.25) is 4.79 Å². The van der Waals surface area contributed by atoms with Crippen molar-refractivity contribution in [3.63, 3.8) is 0 Å². The zero-order valence-corrected chi connectivity index (χ0v) is 10.9. The zero-order chi connectivity index (χ0) is 13.6. The van der Waals surface area contributed by atoms with E-state index in [9.17, 15) is 18.3 Å². The molecule has 1 N–H and O–H groups in total. The van der Waals surface area contributed by atoms with Crippen LogP contribution in [0.5, 0.6) is 0 Å². The van der Waals surface area contributed by atoms with Crippen LogP contribution in [-0.4, -0.2) is 38.0 Å². The lowest BCUT2D eigenvalue weighted by atomic mass is 10.3. The van der Waals surface area contributed by atoms with Crippen molar-refractivity contribution in [2.24, 2.45) is 0 Å². The van der Waals surface area contributed by atoms with Crippen molar-refractivity contribution in [3.8, 4) is 0 Å². The Hall–Kier alpha value is -1.40. The Balaban J connectivity index is 2.64. The first kappa shape index (κ1) is 14.7. The van der Waals surface area contributed by atoms with Crippen molar-refractivity contribution in [3.05, 3.63) is 30.3 Å². The molecule has 0 bridgehead atoms. The first-order chi connectivity index (χ1) is 8.45. The highest BCUT2D eigenvalue weighted by Crippen LogP contribution is 2.12. The fourth-order valence-corrected chi connectivity index (χ4v) is 2.84. The molecule has 0 saturated carbocycles. The summed E-state index contributed by atoms with van der Waals surface area (Å²) in [5.41, 5.74) is 0. The molecule has 100 valence electrons. The summed E-state index contributed by atoms with van der Waals surface area (Å²) in [5.74, 6) is -1.09. The Morgan fingerprint density at radius 3 is 2.50 bits per heavy atom. The molecule has 6 heteroatoms. The molecule has 1 aromatic rings. The van der Waals surface area contributed by atoms with Crippen molar-refractivity contribution in [1.29, 1.82) is 0 Å². The average Bonchev–Trinajstić information content (AvgIpc) is 2.29. The minimum atomic E-state index is -3.58. The molecule has 0 aliphatic carbocycles. The van der Waals surface area contributed by atoms with Crippen LogP contribution in [0.15, 0.2) is 35.2 Å². The smallest absolute Gasteiger partial charge is 0.308 e. The van der Waals surface area contributed by atoms with Gasteiger partial charge in [0.05, 0.1) is 29.8 Å². The summed E-state index contributed by atoms with van der Waals surface area (Å²) in [6, 6.07) is 7.81. The van der Waals surface area contributed by atoms with Crippen molar-refractivity contribution < 1.29 is 23.1 Å². The summed E-state index contributed by atoms with van der Waals surface area (Å²) < 4.78 is 28.4. The molecule has 0 amide bonds. The largest absolute Gasteiger partial charge is 0.466 e. The van der Waals surface area contributed by atoms with Crippen LogP contribution in [0.4, 0.5) is 0 Å². The van der Waals surface area contributed by atoms with Gasteiger partial charge in [-0.1, -0.05) is 18.2 Å².